The Morgan fingerprint density at radius 3 is 2.33 bits per heavy atom. The summed E-state index contributed by atoms with van der Waals surface area (Å²) in [5.74, 6) is -4.43. The minimum Gasteiger partial charge on any atom is -0.310 e. The van der Waals surface area contributed by atoms with Gasteiger partial charge in [0.25, 0.3) is 0 Å². The lowest BCUT2D eigenvalue weighted by molar-refractivity contribution is 0.449. The van der Waals surface area contributed by atoms with E-state index in [1.54, 1.807) is 0 Å². The molecule has 1 aliphatic carbocycles. The smallest absolute Gasteiger partial charge is 0.195 e. The molecule has 1 saturated carbocycles. The van der Waals surface area contributed by atoms with Crippen LogP contribution in [0.5, 0.6) is 0 Å². The van der Waals surface area contributed by atoms with Gasteiger partial charge in [0.15, 0.2) is 17.5 Å². The summed E-state index contributed by atoms with van der Waals surface area (Å²) in [6, 6.07) is 6.44. The second-order valence-corrected chi connectivity index (χ2v) is 5.18. The molecule has 0 aromatic heterocycles. The van der Waals surface area contributed by atoms with Crippen LogP contribution in [0.15, 0.2) is 30.3 Å². The van der Waals surface area contributed by atoms with Gasteiger partial charge in [-0.25, -0.2) is 17.6 Å². The largest absolute Gasteiger partial charge is 0.310 e. The molecule has 0 radical (unpaired) electrons. The number of rotatable bonds is 4. The van der Waals surface area contributed by atoms with Crippen molar-refractivity contribution in [3.05, 3.63) is 59.2 Å². The highest BCUT2D eigenvalue weighted by atomic mass is 19.2. The molecule has 0 atom stereocenters. The summed E-state index contributed by atoms with van der Waals surface area (Å²) in [7, 11) is 0. The minimum atomic E-state index is -1.52. The van der Waals surface area contributed by atoms with Gasteiger partial charge in [-0.15, -0.1) is 0 Å². The SMILES string of the molecule is Fc1ccc(-c2ccc(F)c(F)c2F)cc1CNC1CC1. The molecule has 1 fully saturated rings. The topological polar surface area (TPSA) is 12.0 Å². The fraction of sp³-hybridized carbons (Fsp3) is 0.250. The van der Waals surface area contributed by atoms with E-state index >= 15 is 0 Å². The van der Waals surface area contributed by atoms with Crippen LogP contribution in [0.4, 0.5) is 17.6 Å². The maximum Gasteiger partial charge on any atom is 0.195 e. The average molecular weight is 295 g/mol. The van der Waals surface area contributed by atoms with Crippen molar-refractivity contribution in [1.29, 1.82) is 0 Å². The van der Waals surface area contributed by atoms with Crippen molar-refractivity contribution in [3.63, 3.8) is 0 Å². The van der Waals surface area contributed by atoms with Crippen molar-refractivity contribution < 1.29 is 17.6 Å². The molecule has 5 heteroatoms. The van der Waals surface area contributed by atoms with E-state index in [9.17, 15) is 17.6 Å². The van der Waals surface area contributed by atoms with Crippen LogP contribution >= 0.6 is 0 Å². The van der Waals surface area contributed by atoms with Crippen LogP contribution < -0.4 is 5.32 Å². The minimum absolute atomic E-state index is 0.0819. The predicted molar refractivity (Wildman–Crippen MR) is 71.6 cm³/mol. The van der Waals surface area contributed by atoms with Crippen LogP contribution in [-0.4, -0.2) is 6.04 Å². The van der Waals surface area contributed by atoms with Crippen molar-refractivity contribution in [2.45, 2.75) is 25.4 Å². The molecule has 1 aliphatic rings. The first kappa shape index (κ1) is 14.1. The molecule has 0 amide bonds. The van der Waals surface area contributed by atoms with E-state index in [0.717, 1.165) is 25.0 Å². The van der Waals surface area contributed by atoms with Gasteiger partial charge in [-0.05, 0) is 42.7 Å². The number of hydrogen-bond acceptors (Lipinski definition) is 1. The Labute approximate surface area is 119 Å². The molecular weight excluding hydrogens is 282 g/mol. The zero-order valence-electron chi connectivity index (χ0n) is 11.1. The van der Waals surface area contributed by atoms with Crippen molar-refractivity contribution in [3.8, 4) is 11.1 Å². The van der Waals surface area contributed by atoms with E-state index in [1.165, 1.54) is 18.2 Å². The summed E-state index contributed by atoms with van der Waals surface area (Å²) in [6.45, 7) is 0.329. The van der Waals surface area contributed by atoms with Gasteiger partial charge in [-0.1, -0.05) is 6.07 Å². The van der Waals surface area contributed by atoms with Gasteiger partial charge < -0.3 is 5.32 Å². The Morgan fingerprint density at radius 1 is 0.905 bits per heavy atom. The van der Waals surface area contributed by atoms with Crippen LogP contribution in [0.3, 0.4) is 0 Å². The van der Waals surface area contributed by atoms with Crippen LogP contribution in [0.1, 0.15) is 18.4 Å². The Kier molecular flexibility index (Phi) is 3.68. The molecule has 0 bridgehead atoms. The summed E-state index contributed by atoms with van der Waals surface area (Å²) in [5.41, 5.74) is 0.616. The van der Waals surface area contributed by atoms with Gasteiger partial charge in [0.2, 0.25) is 0 Å². The zero-order chi connectivity index (χ0) is 15.0. The summed E-state index contributed by atoms with van der Waals surface area (Å²) in [6.07, 6.45) is 2.14. The molecule has 1 nitrogen and oxygen atoms in total. The predicted octanol–water partition coefficient (Wildman–Crippen LogP) is 4.16. The van der Waals surface area contributed by atoms with E-state index < -0.39 is 23.3 Å². The highest BCUT2D eigenvalue weighted by Gasteiger charge is 2.21. The Bertz CT molecular complexity index is 680. The van der Waals surface area contributed by atoms with Crippen LogP contribution in [-0.2, 0) is 6.54 Å². The van der Waals surface area contributed by atoms with Crippen LogP contribution in [0, 0.1) is 23.3 Å². The van der Waals surface area contributed by atoms with Gasteiger partial charge in [0.05, 0.1) is 0 Å². The van der Waals surface area contributed by atoms with E-state index in [4.69, 9.17) is 0 Å². The number of halogens is 4. The molecule has 0 aliphatic heterocycles. The van der Waals surface area contributed by atoms with Gasteiger partial charge in [-0.2, -0.15) is 0 Å². The molecule has 21 heavy (non-hydrogen) atoms. The maximum absolute atomic E-state index is 13.8. The van der Waals surface area contributed by atoms with Crippen molar-refractivity contribution in [2.75, 3.05) is 0 Å². The standard InChI is InChI=1S/C16H13F4N/c17-13-5-1-9(7-10(13)8-21-11-2-3-11)12-4-6-14(18)16(20)15(12)19/h1,4-7,11,21H,2-3,8H2. The van der Waals surface area contributed by atoms with E-state index in [2.05, 4.69) is 5.32 Å². The third-order valence-corrected chi connectivity index (χ3v) is 3.55. The van der Waals surface area contributed by atoms with E-state index in [-0.39, 0.29) is 5.56 Å². The zero-order valence-corrected chi connectivity index (χ0v) is 11.1. The van der Waals surface area contributed by atoms with Crippen molar-refractivity contribution in [1.82, 2.24) is 5.32 Å². The summed E-state index contributed by atoms with van der Waals surface area (Å²) in [5, 5.41) is 3.16. The van der Waals surface area contributed by atoms with Crippen molar-refractivity contribution in [2.24, 2.45) is 0 Å². The molecule has 0 heterocycles. The number of hydrogen-bond donors (Lipinski definition) is 1. The van der Waals surface area contributed by atoms with Gasteiger partial charge in [-0.3, -0.25) is 0 Å². The average Bonchev–Trinajstić information content (AvgIpc) is 3.29. The lowest BCUT2D eigenvalue weighted by Gasteiger charge is -2.09. The Hall–Kier alpha value is -1.88. The molecule has 2 aromatic carbocycles. The second kappa shape index (κ2) is 5.48. The highest BCUT2D eigenvalue weighted by molar-refractivity contribution is 5.65. The molecular formula is C16H13F4N. The van der Waals surface area contributed by atoms with Crippen LogP contribution in [0.2, 0.25) is 0 Å². The molecule has 1 N–H and O–H groups in total. The first-order chi connectivity index (χ1) is 10.1. The monoisotopic (exact) mass is 295 g/mol. The van der Waals surface area contributed by atoms with E-state index in [0.29, 0.717) is 23.7 Å². The number of benzene rings is 2. The molecule has 0 spiro atoms. The lowest BCUT2D eigenvalue weighted by Crippen LogP contribution is -2.16. The van der Waals surface area contributed by atoms with E-state index in [1.807, 2.05) is 0 Å². The molecule has 0 unspecified atom stereocenters. The van der Waals surface area contributed by atoms with Gasteiger partial charge >= 0.3 is 0 Å². The quantitative estimate of drug-likeness (QED) is 0.659. The lowest BCUT2D eigenvalue weighted by atomic mass is 10.0. The number of nitrogens with one attached hydrogen (secondary N) is 1. The third kappa shape index (κ3) is 2.93. The molecule has 2 aromatic rings. The summed E-state index contributed by atoms with van der Waals surface area (Å²) < 4.78 is 53.7. The Morgan fingerprint density at radius 2 is 1.62 bits per heavy atom. The second-order valence-electron chi connectivity index (χ2n) is 5.18. The van der Waals surface area contributed by atoms with Gasteiger partial charge in [0.1, 0.15) is 5.82 Å². The van der Waals surface area contributed by atoms with Gasteiger partial charge in [0, 0.05) is 23.7 Å². The first-order valence-corrected chi connectivity index (χ1v) is 6.72. The maximum atomic E-state index is 13.8. The fourth-order valence-electron chi connectivity index (χ4n) is 2.17. The van der Waals surface area contributed by atoms with Crippen molar-refractivity contribution >= 4 is 0 Å². The Balaban J connectivity index is 1.94. The molecule has 0 saturated heterocycles. The highest BCUT2D eigenvalue weighted by Crippen LogP contribution is 2.28. The molecule has 110 valence electrons. The normalized spacial score (nSPS) is 14.5. The summed E-state index contributed by atoms with van der Waals surface area (Å²) in [4.78, 5) is 0. The molecule has 3 rings (SSSR count). The fourth-order valence-corrected chi connectivity index (χ4v) is 2.17. The summed E-state index contributed by atoms with van der Waals surface area (Å²) >= 11 is 0. The third-order valence-electron chi connectivity index (χ3n) is 3.55. The van der Waals surface area contributed by atoms with Crippen LogP contribution in [0.25, 0.3) is 11.1 Å². The first-order valence-electron chi connectivity index (χ1n) is 6.72.